The Morgan fingerprint density at radius 1 is 1.40 bits per heavy atom. The number of halogens is 2. The van der Waals surface area contributed by atoms with Crippen molar-refractivity contribution < 1.29 is 9.59 Å². The molecule has 110 valence electrons. The van der Waals surface area contributed by atoms with Gasteiger partial charge < -0.3 is 16.0 Å². The fraction of sp³-hybridized carbons (Fsp3) is 0.385. The van der Waals surface area contributed by atoms with Crippen molar-refractivity contribution >= 4 is 41.5 Å². The number of carbonyl (C=O) groups is 2. The van der Waals surface area contributed by atoms with Crippen molar-refractivity contribution in [3.05, 3.63) is 28.8 Å². The Labute approximate surface area is 128 Å². The number of amides is 2. The highest BCUT2D eigenvalue weighted by atomic mass is 35.5. The average molecular weight is 318 g/mol. The molecule has 2 amide bonds. The highest BCUT2D eigenvalue weighted by Crippen LogP contribution is 2.21. The van der Waals surface area contributed by atoms with Gasteiger partial charge in [0.2, 0.25) is 5.91 Å². The Balaban J connectivity index is 0.00000200. The lowest BCUT2D eigenvalue weighted by Gasteiger charge is -2.12. The number of hydrogen-bond donors (Lipinski definition) is 3. The fourth-order valence-corrected chi connectivity index (χ4v) is 2.32. The first-order valence-electron chi connectivity index (χ1n) is 6.17. The highest BCUT2D eigenvalue weighted by molar-refractivity contribution is 6.34. The summed E-state index contributed by atoms with van der Waals surface area (Å²) in [5.74, 6) is -0.318. The van der Waals surface area contributed by atoms with Crippen molar-refractivity contribution in [3.63, 3.8) is 0 Å². The monoisotopic (exact) mass is 317 g/mol. The molecule has 0 aliphatic carbocycles. The Bertz CT molecular complexity index is 502. The van der Waals surface area contributed by atoms with E-state index in [1.165, 1.54) is 0 Å². The van der Waals surface area contributed by atoms with Gasteiger partial charge in [0.15, 0.2) is 0 Å². The van der Waals surface area contributed by atoms with Crippen molar-refractivity contribution in [1.82, 2.24) is 10.6 Å². The van der Waals surface area contributed by atoms with Crippen molar-refractivity contribution in [2.24, 2.45) is 0 Å². The summed E-state index contributed by atoms with van der Waals surface area (Å²) in [4.78, 5) is 23.4. The van der Waals surface area contributed by atoms with Crippen molar-refractivity contribution in [3.8, 4) is 0 Å². The summed E-state index contributed by atoms with van der Waals surface area (Å²) in [5.41, 5.74) is 0.984. The second-order valence-electron chi connectivity index (χ2n) is 4.41. The summed E-state index contributed by atoms with van der Waals surface area (Å²) in [5, 5.41) is 8.73. The predicted molar refractivity (Wildman–Crippen MR) is 81.7 cm³/mol. The molecule has 0 aromatic heterocycles. The lowest BCUT2D eigenvalue weighted by molar-refractivity contribution is -0.117. The van der Waals surface area contributed by atoms with Gasteiger partial charge in [0.05, 0.1) is 16.6 Å². The maximum Gasteiger partial charge on any atom is 0.252 e. The number of anilines is 1. The van der Waals surface area contributed by atoms with Gasteiger partial charge in [0.25, 0.3) is 5.91 Å². The molecule has 0 radical (unpaired) electrons. The SMILES string of the molecule is CNC(=O)c1ccc(NC(=O)C2CCCN2)cc1Cl.Cl. The molecule has 1 aliphatic rings. The van der Waals surface area contributed by atoms with Crippen LogP contribution in [0.3, 0.4) is 0 Å². The van der Waals surface area contributed by atoms with Crippen LogP contribution in [0.2, 0.25) is 5.02 Å². The summed E-state index contributed by atoms with van der Waals surface area (Å²) in [6.45, 7) is 0.869. The Hall–Kier alpha value is -1.30. The molecule has 1 heterocycles. The molecule has 1 aromatic carbocycles. The van der Waals surface area contributed by atoms with E-state index in [0.717, 1.165) is 19.4 Å². The number of benzene rings is 1. The summed E-state index contributed by atoms with van der Waals surface area (Å²) in [7, 11) is 1.54. The maximum atomic E-state index is 11.9. The molecule has 1 saturated heterocycles. The van der Waals surface area contributed by atoms with Gasteiger partial charge in [-0.25, -0.2) is 0 Å². The van der Waals surface area contributed by atoms with E-state index in [2.05, 4.69) is 16.0 Å². The molecule has 2 rings (SSSR count). The summed E-state index contributed by atoms with van der Waals surface area (Å²) < 4.78 is 0. The van der Waals surface area contributed by atoms with Crippen LogP contribution < -0.4 is 16.0 Å². The topological polar surface area (TPSA) is 70.2 Å². The smallest absolute Gasteiger partial charge is 0.252 e. The molecular formula is C13H17Cl2N3O2. The van der Waals surface area contributed by atoms with Crippen LogP contribution in [0, 0.1) is 0 Å². The van der Waals surface area contributed by atoms with Crippen LogP contribution >= 0.6 is 24.0 Å². The second kappa shape index (κ2) is 7.47. The molecule has 1 unspecified atom stereocenters. The average Bonchev–Trinajstić information content (AvgIpc) is 2.92. The first-order valence-corrected chi connectivity index (χ1v) is 6.55. The van der Waals surface area contributed by atoms with E-state index < -0.39 is 0 Å². The molecule has 3 N–H and O–H groups in total. The molecule has 5 nitrogen and oxygen atoms in total. The summed E-state index contributed by atoms with van der Waals surface area (Å²) >= 11 is 6.02. The van der Waals surface area contributed by atoms with Crippen LogP contribution in [0.15, 0.2) is 18.2 Å². The normalized spacial score (nSPS) is 17.2. The third-order valence-electron chi connectivity index (χ3n) is 3.09. The number of carbonyl (C=O) groups excluding carboxylic acids is 2. The van der Waals surface area contributed by atoms with Crippen LogP contribution in [0.4, 0.5) is 5.69 Å². The highest BCUT2D eigenvalue weighted by Gasteiger charge is 2.22. The maximum absolute atomic E-state index is 11.9. The van der Waals surface area contributed by atoms with E-state index in [1.807, 2.05) is 0 Å². The van der Waals surface area contributed by atoms with Crippen LogP contribution in [-0.2, 0) is 4.79 Å². The Kier molecular flexibility index (Phi) is 6.26. The predicted octanol–water partition coefficient (Wildman–Crippen LogP) is 1.81. The molecule has 1 fully saturated rings. The minimum Gasteiger partial charge on any atom is -0.355 e. The van der Waals surface area contributed by atoms with Gasteiger partial charge in [0.1, 0.15) is 0 Å². The summed E-state index contributed by atoms with van der Waals surface area (Å²) in [6.07, 6.45) is 1.85. The first-order chi connectivity index (χ1) is 9.11. The zero-order valence-corrected chi connectivity index (χ0v) is 12.6. The van der Waals surface area contributed by atoms with E-state index >= 15 is 0 Å². The molecule has 20 heavy (non-hydrogen) atoms. The quantitative estimate of drug-likeness (QED) is 0.796. The minimum absolute atomic E-state index is 0. The van der Waals surface area contributed by atoms with Gasteiger partial charge >= 0.3 is 0 Å². The lowest BCUT2D eigenvalue weighted by Crippen LogP contribution is -2.35. The van der Waals surface area contributed by atoms with Gasteiger partial charge in [-0.15, -0.1) is 12.4 Å². The van der Waals surface area contributed by atoms with Crippen LogP contribution in [-0.4, -0.2) is 31.4 Å². The van der Waals surface area contributed by atoms with Gasteiger partial charge in [-0.2, -0.15) is 0 Å². The molecule has 0 bridgehead atoms. The minimum atomic E-state index is -0.250. The third-order valence-corrected chi connectivity index (χ3v) is 3.40. The van der Waals surface area contributed by atoms with Crippen molar-refractivity contribution in [2.75, 3.05) is 18.9 Å². The van der Waals surface area contributed by atoms with Gasteiger partial charge in [-0.3, -0.25) is 9.59 Å². The molecule has 1 aromatic rings. The zero-order valence-electron chi connectivity index (χ0n) is 11.0. The van der Waals surface area contributed by atoms with Crippen LogP contribution in [0.5, 0.6) is 0 Å². The number of rotatable bonds is 3. The fourth-order valence-electron chi connectivity index (χ4n) is 2.05. The molecule has 1 atom stereocenters. The summed E-state index contributed by atoms with van der Waals surface area (Å²) in [6, 6.07) is 4.71. The largest absolute Gasteiger partial charge is 0.355 e. The molecule has 0 spiro atoms. The van der Waals surface area contributed by atoms with Crippen molar-refractivity contribution in [1.29, 1.82) is 0 Å². The van der Waals surface area contributed by atoms with E-state index in [1.54, 1.807) is 25.2 Å². The van der Waals surface area contributed by atoms with E-state index in [9.17, 15) is 9.59 Å². The van der Waals surface area contributed by atoms with Crippen LogP contribution in [0.25, 0.3) is 0 Å². The third kappa shape index (κ3) is 3.85. The molecule has 1 aliphatic heterocycles. The standard InChI is InChI=1S/C13H16ClN3O2.ClH/c1-15-12(18)9-5-4-8(7-10(9)14)17-13(19)11-3-2-6-16-11;/h4-5,7,11,16H,2-3,6H2,1H3,(H,15,18)(H,17,19);1H. The van der Waals surface area contributed by atoms with Crippen molar-refractivity contribution in [2.45, 2.75) is 18.9 Å². The second-order valence-corrected chi connectivity index (χ2v) is 4.82. The van der Waals surface area contributed by atoms with E-state index in [4.69, 9.17) is 11.6 Å². The van der Waals surface area contributed by atoms with Gasteiger partial charge in [0, 0.05) is 12.7 Å². The Morgan fingerprint density at radius 3 is 2.70 bits per heavy atom. The lowest BCUT2D eigenvalue weighted by atomic mass is 10.1. The van der Waals surface area contributed by atoms with E-state index in [-0.39, 0.29) is 30.3 Å². The van der Waals surface area contributed by atoms with Gasteiger partial charge in [-0.05, 0) is 37.6 Å². The number of nitrogens with one attached hydrogen (secondary N) is 3. The van der Waals surface area contributed by atoms with E-state index in [0.29, 0.717) is 16.3 Å². The molecule has 0 saturated carbocycles. The first kappa shape index (κ1) is 16.8. The molecule has 7 heteroatoms. The van der Waals surface area contributed by atoms with Gasteiger partial charge in [-0.1, -0.05) is 11.6 Å². The Morgan fingerprint density at radius 2 is 2.15 bits per heavy atom. The zero-order chi connectivity index (χ0) is 13.8. The van der Waals surface area contributed by atoms with Crippen LogP contribution in [0.1, 0.15) is 23.2 Å². The molecular weight excluding hydrogens is 301 g/mol. The number of hydrogen-bond acceptors (Lipinski definition) is 3.